The quantitative estimate of drug-likeness (QED) is 0.731. The molecular weight excluding hydrogens is 224 g/mol. The lowest BCUT2D eigenvalue weighted by Gasteiger charge is -1.98. The topological polar surface area (TPSA) is 30.2 Å². The molecule has 0 aliphatic carbocycles. The summed E-state index contributed by atoms with van der Waals surface area (Å²) < 4.78 is 5.57. The lowest BCUT2D eigenvalue weighted by molar-refractivity contribution is 0.0913. The van der Waals surface area contributed by atoms with Gasteiger partial charge in [-0.2, -0.15) is 0 Å². The third kappa shape index (κ3) is 1.74. The molecule has 0 amide bonds. The molecular formula is C13H13ClO2. The minimum atomic E-state index is -0.0698. The van der Waals surface area contributed by atoms with Gasteiger partial charge in [-0.3, -0.25) is 4.79 Å². The number of halogens is 1. The van der Waals surface area contributed by atoms with E-state index >= 15 is 0 Å². The highest BCUT2D eigenvalue weighted by Crippen LogP contribution is 2.30. The van der Waals surface area contributed by atoms with Gasteiger partial charge in [-0.1, -0.05) is 31.5 Å². The molecule has 0 saturated carbocycles. The second kappa shape index (κ2) is 3.95. The van der Waals surface area contributed by atoms with Crippen molar-refractivity contribution in [2.75, 3.05) is 0 Å². The summed E-state index contributed by atoms with van der Waals surface area (Å²) in [5.74, 6) is 0.326. The van der Waals surface area contributed by atoms with E-state index in [0.29, 0.717) is 16.4 Å². The highest BCUT2D eigenvalue weighted by Gasteiger charge is 2.17. The third-order valence-electron chi connectivity index (χ3n) is 2.59. The molecule has 1 aromatic carbocycles. The predicted molar refractivity (Wildman–Crippen MR) is 65.1 cm³/mol. The SMILES string of the molecule is Cc1ccc(Cl)c2cc(C(=O)C(C)C)oc12. The maximum absolute atomic E-state index is 11.8. The van der Waals surface area contributed by atoms with E-state index in [9.17, 15) is 4.79 Å². The van der Waals surface area contributed by atoms with Gasteiger partial charge >= 0.3 is 0 Å². The van der Waals surface area contributed by atoms with Crippen LogP contribution in [-0.4, -0.2) is 5.78 Å². The van der Waals surface area contributed by atoms with Crippen LogP contribution in [0.1, 0.15) is 30.0 Å². The van der Waals surface area contributed by atoms with Crippen molar-refractivity contribution in [1.29, 1.82) is 0 Å². The van der Waals surface area contributed by atoms with Gasteiger partial charge in [0, 0.05) is 11.3 Å². The summed E-state index contributed by atoms with van der Waals surface area (Å²) in [4.78, 5) is 11.8. The molecule has 2 nitrogen and oxygen atoms in total. The summed E-state index contributed by atoms with van der Waals surface area (Å²) >= 11 is 6.06. The van der Waals surface area contributed by atoms with Crippen molar-refractivity contribution in [2.45, 2.75) is 20.8 Å². The average Bonchev–Trinajstić information content (AvgIpc) is 2.68. The summed E-state index contributed by atoms with van der Waals surface area (Å²) in [6, 6.07) is 5.43. The molecule has 0 unspecified atom stereocenters. The van der Waals surface area contributed by atoms with Crippen molar-refractivity contribution in [3.8, 4) is 0 Å². The van der Waals surface area contributed by atoms with Crippen LogP contribution in [0.2, 0.25) is 5.02 Å². The largest absolute Gasteiger partial charge is 0.453 e. The zero-order chi connectivity index (χ0) is 11.9. The lowest BCUT2D eigenvalue weighted by Crippen LogP contribution is -2.05. The average molecular weight is 237 g/mol. The van der Waals surface area contributed by atoms with Gasteiger partial charge < -0.3 is 4.42 Å². The standard InChI is InChI=1S/C13H13ClO2/c1-7(2)12(15)11-6-9-10(14)5-4-8(3)13(9)16-11/h4-7H,1-3H3. The highest BCUT2D eigenvalue weighted by atomic mass is 35.5. The summed E-state index contributed by atoms with van der Waals surface area (Å²) in [5.41, 5.74) is 1.69. The van der Waals surface area contributed by atoms with E-state index in [4.69, 9.17) is 16.0 Å². The van der Waals surface area contributed by atoms with Gasteiger partial charge in [0.15, 0.2) is 5.76 Å². The van der Waals surface area contributed by atoms with Crippen molar-refractivity contribution in [3.05, 3.63) is 34.5 Å². The fourth-order valence-electron chi connectivity index (χ4n) is 1.63. The normalized spacial score (nSPS) is 11.3. The molecule has 0 radical (unpaired) electrons. The summed E-state index contributed by atoms with van der Waals surface area (Å²) in [5, 5.41) is 1.43. The van der Waals surface area contributed by atoms with Gasteiger partial charge in [0.05, 0.1) is 5.02 Å². The van der Waals surface area contributed by atoms with Crippen LogP contribution < -0.4 is 0 Å². The third-order valence-corrected chi connectivity index (χ3v) is 2.92. The molecule has 0 bridgehead atoms. The zero-order valence-electron chi connectivity index (χ0n) is 9.50. The Morgan fingerprint density at radius 3 is 2.62 bits per heavy atom. The van der Waals surface area contributed by atoms with E-state index in [-0.39, 0.29) is 11.7 Å². The summed E-state index contributed by atoms with van der Waals surface area (Å²) in [6.07, 6.45) is 0. The van der Waals surface area contributed by atoms with Crippen molar-refractivity contribution < 1.29 is 9.21 Å². The first kappa shape index (κ1) is 11.2. The van der Waals surface area contributed by atoms with E-state index in [1.165, 1.54) is 0 Å². The Labute approximate surface area is 99.2 Å². The number of fused-ring (bicyclic) bond motifs is 1. The van der Waals surface area contributed by atoms with Crippen molar-refractivity contribution in [2.24, 2.45) is 5.92 Å². The molecule has 1 heterocycles. The Morgan fingerprint density at radius 1 is 1.38 bits per heavy atom. The van der Waals surface area contributed by atoms with E-state index in [0.717, 1.165) is 10.9 Å². The fourth-order valence-corrected chi connectivity index (χ4v) is 1.83. The van der Waals surface area contributed by atoms with Gasteiger partial charge in [0.2, 0.25) is 5.78 Å². The number of Topliss-reactive ketones (excluding diaryl/α,β-unsaturated/α-hetero) is 1. The van der Waals surface area contributed by atoms with E-state index < -0.39 is 0 Å². The molecule has 84 valence electrons. The number of hydrogen-bond donors (Lipinski definition) is 0. The van der Waals surface area contributed by atoms with Crippen LogP contribution in [0.25, 0.3) is 11.0 Å². The second-order valence-corrected chi connectivity index (χ2v) is 4.64. The molecule has 0 aliphatic heterocycles. The molecule has 0 atom stereocenters. The molecule has 0 aliphatic rings. The number of benzene rings is 1. The Morgan fingerprint density at radius 2 is 2.06 bits per heavy atom. The van der Waals surface area contributed by atoms with E-state index in [1.807, 2.05) is 32.9 Å². The molecule has 0 spiro atoms. The first-order valence-electron chi connectivity index (χ1n) is 5.23. The Bertz CT molecular complexity index is 513. The molecule has 0 N–H and O–H groups in total. The smallest absolute Gasteiger partial charge is 0.200 e. The fraction of sp³-hybridized carbons (Fsp3) is 0.308. The first-order valence-corrected chi connectivity index (χ1v) is 5.61. The molecule has 2 rings (SSSR count). The maximum atomic E-state index is 11.8. The summed E-state index contributed by atoms with van der Waals surface area (Å²) in [6.45, 7) is 5.64. The second-order valence-electron chi connectivity index (χ2n) is 4.24. The van der Waals surface area contributed by atoms with Crippen LogP contribution in [0.4, 0.5) is 0 Å². The highest BCUT2D eigenvalue weighted by molar-refractivity contribution is 6.35. The van der Waals surface area contributed by atoms with Crippen LogP contribution in [0.3, 0.4) is 0 Å². The predicted octanol–water partition coefficient (Wildman–Crippen LogP) is 4.23. The van der Waals surface area contributed by atoms with Crippen molar-refractivity contribution in [1.82, 2.24) is 0 Å². The van der Waals surface area contributed by atoms with Crippen molar-refractivity contribution in [3.63, 3.8) is 0 Å². The number of hydrogen-bond acceptors (Lipinski definition) is 2. The van der Waals surface area contributed by atoms with Gasteiger partial charge in [0.1, 0.15) is 5.58 Å². The van der Waals surface area contributed by atoms with E-state index in [1.54, 1.807) is 6.07 Å². The molecule has 0 fully saturated rings. The monoisotopic (exact) mass is 236 g/mol. The number of ketones is 1. The van der Waals surface area contributed by atoms with Crippen LogP contribution in [-0.2, 0) is 0 Å². The Hall–Kier alpha value is -1.28. The molecule has 0 saturated heterocycles. The molecule has 3 heteroatoms. The first-order chi connectivity index (χ1) is 7.50. The number of carbonyl (C=O) groups is 1. The number of aryl methyl sites for hydroxylation is 1. The van der Waals surface area contributed by atoms with Crippen LogP contribution >= 0.6 is 11.6 Å². The van der Waals surface area contributed by atoms with Gasteiger partial charge in [-0.15, -0.1) is 0 Å². The van der Waals surface area contributed by atoms with Crippen molar-refractivity contribution >= 4 is 28.4 Å². The van der Waals surface area contributed by atoms with Gasteiger partial charge in [-0.05, 0) is 24.6 Å². The lowest BCUT2D eigenvalue weighted by atomic mass is 10.1. The van der Waals surface area contributed by atoms with Gasteiger partial charge in [0.25, 0.3) is 0 Å². The number of furan rings is 1. The minimum absolute atomic E-state index is 0.00617. The van der Waals surface area contributed by atoms with Crippen LogP contribution in [0.5, 0.6) is 0 Å². The molecule has 1 aromatic heterocycles. The van der Waals surface area contributed by atoms with Gasteiger partial charge in [-0.25, -0.2) is 0 Å². The van der Waals surface area contributed by atoms with Crippen LogP contribution in [0.15, 0.2) is 22.6 Å². The molecule has 16 heavy (non-hydrogen) atoms. The zero-order valence-corrected chi connectivity index (χ0v) is 10.3. The number of carbonyl (C=O) groups excluding carboxylic acids is 1. The Balaban J connectivity index is 2.64. The molecule has 2 aromatic rings. The van der Waals surface area contributed by atoms with Crippen LogP contribution in [0, 0.1) is 12.8 Å². The minimum Gasteiger partial charge on any atom is -0.453 e. The Kier molecular flexibility index (Phi) is 2.76. The number of rotatable bonds is 2. The summed E-state index contributed by atoms with van der Waals surface area (Å²) in [7, 11) is 0. The maximum Gasteiger partial charge on any atom is 0.200 e. The van der Waals surface area contributed by atoms with E-state index in [2.05, 4.69) is 0 Å².